The van der Waals surface area contributed by atoms with E-state index in [2.05, 4.69) is 23.1 Å². The van der Waals surface area contributed by atoms with Gasteiger partial charge in [-0.05, 0) is 50.2 Å². The molecule has 120 valence electrons. The number of hydrogen-bond donors (Lipinski definition) is 1. The summed E-state index contributed by atoms with van der Waals surface area (Å²) >= 11 is 0. The van der Waals surface area contributed by atoms with Crippen LogP contribution in [0.15, 0.2) is 28.3 Å². The summed E-state index contributed by atoms with van der Waals surface area (Å²) in [6.07, 6.45) is 7.64. The molecule has 5 heteroatoms. The average molecular weight is 309 g/mol. The molecule has 4 nitrogen and oxygen atoms in total. The van der Waals surface area contributed by atoms with E-state index in [4.69, 9.17) is 18.4 Å². The van der Waals surface area contributed by atoms with E-state index in [-0.39, 0.29) is 11.5 Å². The van der Waals surface area contributed by atoms with Crippen molar-refractivity contribution in [2.24, 2.45) is 15.9 Å². The van der Waals surface area contributed by atoms with Gasteiger partial charge in [0.15, 0.2) is 0 Å². The molecule has 1 aliphatic heterocycles. The molecule has 0 aromatic heterocycles. The fraction of sp³-hybridized carbons (Fsp3) is 0.556. The Labute approximate surface area is 139 Å². The SMILES string of the molecule is [B]c1ccc(C)c(C2(/C(C=NCC3CCCCO3)=N/N)CC2)c1. The molecule has 1 aliphatic carbocycles. The summed E-state index contributed by atoms with van der Waals surface area (Å²) in [4.78, 5) is 4.56. The van der Waals surface area contributed by atoms with E-state index in [1.807, 2.05) is 18.3 Å². The van der Waals surface area contributed by atoms with Gasteiger partial charge in [0.25, 0.3) is 0 Å². The maximum Gasteiger partial charge on any atom is 0.113 e. The highest BCUT2D eigenvalue weighted by atomic mass is 16.5. The molecule has 1 unspecified atom stereocenters. The van der Waals surface area contributed by atoms with E-state index >= 15 is 0 Å². The van der Waals surface area contributed by atoms with Crippen molar-refractivity contribution in [1.82, 2.24) is 0 Å². The molecule has 3 rings (SSSR count). The number of hydrazone groups is 1. The first kappa shape index (κ1) is 16.3. The summed E-state index contributed by atoms with van der Waals surface area (Å²) in [6.45, 7) is 3.64. The number of benzene rings is 1. The molecule has 0 bridgehead atoms. The predicted octanol–water partition coefficient (Wildman–Crippen LogP) is 1.78. The molecule has 0 amide bonds. The number of ether oxygens (including phenoxy) is 1. The maximum atomic E-state index is 5.97. The molecular weight excluding hydrogens is 285 g/mol. The van der Waals surface area contributed by atoms with Gasteiger partial charge in [0.2, 0.25) is 0 Å². The monoisotopic (exact) mass is 309 g/mol. The number of nitrogens with two attached hydrogens (primary N) is 1. The molecule has 2 N–H and O–H groups in total. The van der Waals surface area contributed by atoms with E-state index < -0.39 is 0 Å². The van der Waals surface area contributed by atoms with E-state index in [1.54, 1.807) is 0 Å². The van der Waals surface area contributed by atoms with Crippen LogP contribution in [0.4, 0.5) is 0 Å². The molecule has 1 aromatic carbocycles. The lowest BCUT2D eigenvalue weighted by Gasteiger charge is -2.21. The highest BCUT2D eigenvalue weighted by Gasteiger charge is 2.49. The van der Waals surface area contributed by atoms with Crippen molar-refractivity contribution in [1.29, 1.82) is 0 Å². The van der Waals surface area contributed by atoms with Crippen LogP contribution >= 0.6 is 0 Å². The molecule has 1 heterocycles. The van der Waals surface area contributed by atoms with Crippen LogP contribution in [-0.2, 0) is 10.2 Å². The fourth-order valence-corrected chi connectivity index (χ4v) is 3.43. The topological polar surface area (TPSA) is 60.0 Å². The molecule has 2 aliphatic rings. The zero-order valence-electron chi connectivity index (χ0n) is 13.8. The Bertz CT molecular complexity index is 617. The molecule has 1 atom stereocenters. The summed E-state index contributed by atoms with van der Waals surface area (Å²) in [5.74, 6) is 5.68. The second-order valence-corrected chi connectivity index (χ2v) is 6.65. The quantitative estimate of drug-likeness (QED) is 0.390. The number of rotatable bonds is 5. The van der Waals surface area contributed by atoms with Crippen molar-refractivity contribution in [3.05, 3.63) is 29.3 Å². The van der Waals surface area contributed by atoms with Gasteiger partial charge in [0.1, 0.15) is 7.85 Å². The zero-order valence-corrected chi connectivity index (χ0v) is 13.8. The summed E-state index contributed by atoms with van der Waals surface area (Å²) in [5, 5.41) is 4.04. The normalized spacial score (nSPS) is 24.0. The fourth-order valence-electron chi connectivity index (χ4n) is 3.43. The van der Waals surface area contributed by atoms with Crippen molar-refractivity contribution in [3.63, 3.8) is 0 Å². The second kappa shape index (κ2) is 6.87. The second-order valence-electron chi connectivity index (χ2n) is 6.65. The molecule has 23 heavy (non-hydrogen) atoms. The third-order valence-electron chi connectivity index (χ3n) is 4.95. The Hall–Kier alpha value is -1.62. The Kier molecular flexibility index (Phi) is 4.86. The van der Waals surface area contributed by atoms with Crippen molar-refractivity contribution in [2.45, 2.75) is 50.5 Å². The van der Waals surface area contributed by atoms with Gasteiger partial charge in [-0.15, -0.1) is 0 Å². The Balaban J connectivity index is 1.74. The number of aryl methyl sites for hydroxylation is 1. The van der Waals surface area contributed by atoms with Crippen LogP contribution in [0.2, 0.25) is 0 Å². The van der Waals surface area contributed by atoms with Crippen molar-refractivity contribution >= 4 is 25.2 Å². The third kappa shape index (κ3) is 3.50. The van der Waals surface area contributed by atoms with Gasteiger partial charge in [-0.25, -0.2) is 0 Å². The third-order valence-corrected chi connectivity index (χ3v) is 4.95. The largest absolute Gasteiger partial charge is 0.376 e. The van der Waals surface area contributed by atoms with Crippen molar-refractivity contribution in [2.75, 3.05) is 13.2 Å². The molecular formula is C18H24BN3O. The smallest absolute Gasteiger partial charge is 0.113 e. The Morgan fingerprint density at radius 2 is 2.26 bits per heavy atom. The lowest BCUT2D eigenvalue weighted by atomic mass is 9.83. The predicted molar refractivity (Wildman–Crippen MR) is 96.1 cm³/mol. The number of nitrogens with zero attached hydrogens (tertiary/aromatic N) is 2. The van der Waals surface area contributed by atoms with Gasteiger partial charge in [-0.3, -0.25) is 4.99 Å². The van der Waals surface area contributed by atoms with Crippen LogP contribution in [0.5, 0.6) is 0 Å². The molecule has 1 saturated carbocycles. The zero-order chi connectivity index (χ0) is 16.3. The maximum absolute atomic E-state index is 5.97. The molecule has 2 fully saturated rings. The summed E-state index contributed by atoms with van der Waals surface area (Å²) < 4.78 is 5.71. The van der Waals surface area contributed by atoms with Crippen LogP contribution in [0.25, 0.3) is 0 Å². The minimum atomic E-state index is -0.106. The first-order valence-electron chi connectivity index (χ1n) is 8.42. The van der Waals surface area contributed by atoms with Crippen LogP contribution in [0, 0.1) is 6.92 Å². The van der Waals surface area contributed by atoms with Gasteiger partial charge in [-0.1, -0.05) is 23.7 Å². The highest BCUT2D eigenvalue weighted by Crippen LogP contribution is 2.49. The van der Waals surface area contributed by atoms with Crippen LogP contribution in [-0.4, -0.2) is 39.0 Å². The van der Waals surface area contributed by atoms with E-state index in [0.29, 0.717) is 6.54 Å². The standard InChI is InChI=1S/C18H24BN3O/c1-13-5-6-14(19)10-16(13)18(7-8-18)17(22-20)12-21-11-15-4-2-3-9-23-15/h5-6,10,12,15H,2-4,7-9,11,20H2,1H3/b21-12?,22-17+. The summed E-state index contributed by atoms with van der Waals surface area (Å²) in [5.41, 5.74) is 3.97. The molecule has 1 aromatic rings. The summed E-state index contributed by atoms with van der Waals surface area (Å²) in [7, 11) is 5.97. The first-order valence-corrected chi connectivity index (χ1v) is 8.42. The molecule has 1 saturated heterocycles. The Morgan fingerprint density at radius 3 is 2.91 bits per heavy atom. The first-order chi connectivity index (χ1) is 11.2. The number of aliphatic imine (C=N–C) groups is 1. The van der Waals surface area contributed by atoms with E-state index in [0.717, 1.165) is 43.5 Å². The lowest BCUT2D eigenvalue weighted by Crippen LogP contribution is -2.27. The molecule has 2 radical (unpaired) electrons. The molecule has 0 spiro atoms. The van der Waals surface area contributed by atoms with E-state index in [9.17, 15) is 0 Å². The van der Waals surface area contributed by atoms with Gasteiger partial charge in [-0.2, -0.15) is 5.10 Å². The van der Waals surface area contributed by atoms with Crippen molar-refractivity contribution in [3.8, 4) is 0 Å². The van der Waals surface area contributed by atoms with Gasteiger partial charge in [0, 0.05) is 18.2 Å². The minimum Gasteiger partial charge on any atom is -0.376 e. The van der Waals surface area contributed by atoms with Gasteiger partial charge >= 0.3 is 0 Å². The number of hydrogen-bond acceptors (Lipinski definition) is 4. The van der Waals surface area contributed by atoms with Crippen LogP contribution in [0.1, 0.15) is 43.2 Å². The van der Waals surface area contributed by atoms with Crippen LogP contribution < -0.4 is 11.3 Å². The lowest BCUT2D eigenvalue weighted by molar-refractivity contribution is 0.0226. The summed E-state index contributed by atoms with van der Waals surface area (Å²) in [6, 6.07) is 6.04. The van der Waals surface area contributed by atoms with Crippen LogP contribution in [0.3, 0.4) is 0 Å². The van der Waals surface area contributed by atoms with Gasteiger partial charge in [0.05, 0.1) is 18.4 Å². The van der Waals surface area contributed by atoms with E-state index in [1.165, 1.54) is 17.5 Å². The average Bonchev–Trinajstić information content (AvgIpc) is 3.36. The minimum absolute atomic E-state index is 0.106. The Morgan fingerprint density at radius 1 is 1.43 bits per heavy atom. The van der Waals surface area contributed by atoms with Crippen molar-refractivity contribution < 1.29 is 4.74 Å². The highest BCUT2D eigenvalue weighted by molar-refractivity contribution is 6.36. The van der Waals surface area contributed by atoms with Gasteiger partial charge < -0.3 is 10.6 Å².